The number of aromatic nitrogens is 2. The number of amides is 1. The number of hydrogen-bond acceptors (Lipinski definition) is 5. The molecule has 8 heteroatoms. The molecule has 1 N–H and O–H groups in total. The van der Waals surface area contributed by atoms with E-state index in [2.05, 4.69) is 68.0 Å². The van der Waals surface area contributed by atoms with E-state index in [1.54, 1.807) is 12.0 Å². The molecule has 1 aliphatic heterocycles. The molecule has 1 aliphatic rings. The van der Waals surface area contributed by atoms with E-state index in [9.17, 15) is 4.79 Å². The Morgan fingerprint density at radius 3 is 2.47 bits per heavy atom. The summed E-state index contributed by atoms with van der Waals surface area (Å²) in [6, 6.07) is 12.7. The van der Waals surface area contributed by atoms with Crippen molar-refractivity contribution in [1.82, 2.24) is 20.0 Å². The molecule has 7 nitrogen and oxygen atoms in total. The summed E-state index contributed by atoms with van der Waals surface area (Å²) in [5, 5.41) is 8.45. The average Bonchev–Trinajstić information content (AvgIpc) is 3.13. The van der Waals surface area contributed by atoms with Crippen LogP contribution in [-0.2, 0) is 11.3 Å². The summed E-state index contributed by atoms with van der Waals surface area (Å²) in [7, 11) is 1.71. The Morgan fingerprint density at radius 1 is 1.09 bits per heavy atom. The van der Waals surface area contributed by atoms with Crippen molar-refractivity contribution in [3.8, 4) is 16.9 Å². The van der Waals surface area contributed by atoms with E-state index in [1.165, 1.54) is 0 Å². The lowest BCUT2D eigenvalue weighted by Crippen LogP contribution is -2.49. The van der Waals surface area contributed by atoms with Crippen LogP contribution in [0.25, 0.3) is 22.0 Å². The first-order valence-corrected chi connectivity index (χ1v) is 11.8. The molecular weight excluding hydrogens is 519 g/mol. The largest absolute Gasteiger partial charge is 0.496 e. The first-order valence-electron chi connectivity index (χ1n) is 10.7. The third-order valence-corrected chi connectivity index (χ3v) is 6.37. The fourth-order valence-corrected chi connectivity index (χ4v) is 4.42. The zero-order valence-corrected chi connectivity index (χ0v) is 21.1. The molecule has 1 saturated heterocycles. The molecule has 1 amide bonds. The van der Waals surface area contributed by atoms with E-state index < -0.39 is 5.60 Å². The molecule has 0 radical (unpaired) electrons. The topological polar surface area (TPSA) is 70.7 Å². The van der Waals surface area contributed by atoms with Gasteiger partial charge in [-0.15, -0.1) is 0 Å². The number of piperazine rings is 1. The van der Waals surface area contributed by atoms with E-state index in [4.69, 9.17) is 9.47 Å². The maximum atomic E-state index is 12.3. The van der Waals surface area contributed by atoms with Crippen molar-refractivity contribution in [2.45, 2.75) is 32.9 Å². The van der Waals surface area contributed by atoms with E-state index >= 15 is 0 Å². The standard InChI is InChI=1S/C24H29IN4O3/c1-24(2,3)32-23(30)29-11-9-28(10-12-29)15-18-6-5-17(14-21(18)31-4)16-7-8-20-19(13-16)22(25)27-26-20/h5-8,13-14H,9-12,15H2,1-4H3,(H,26,27). The van der Waals surface area contributed by atoms with Gasteiger partial charge in [0.2, 0.25) is 0 Å². The second kappa shape index (κ2) is 9.27. The highest BCUT2D eigenvalue weighted by Crippen LogP contribution is 2.31. The highest BCUT2D eigenvalue weighted by atomic mass is 127. The Kier molecular flexibility index (Phi) is 6.62. The summed E-state index contributed by atoms with van der Waals surface area (Å²) < 4.78 is 12.3. The normalized spacial score (nSPS) is 15.2. The maximum Gasteiger partial charge on any atom is 0.410 e. The van der Waals surface area contributed by atoms with Gasteiger partial charge in [-0.1, -0.05) is 18.2 Å². The van der Waals surface area contributed by atoms with Crippen molar-refractivity contribution in [3.05, 3.63) is 45.7 Å². The lowest BCUT2D eigenvalue weighted by atomic mass is 10.0. The van der Waals surface area contributed by atoms with Gasteiger partial charge in [0, 0.05) is 43.7 Å². The fraction of sp³-hybridized carbons (Fsp3) is 0.417. The number of H-pyrrole nitrogens is 1. The predicted molar refractivity (Wildman–Crippen MR) is 134 cm³/mol. The number of benzene rings is 2. The Morgan fingerprint density at radius 2 is 1.78 bits per heavy atom. The van der Waals surface area contributed by atoms with Crippen LogP contribution in [0.4, 0.5) is 4.79 Å². The third kappa shape index (κ3) is 5.17. The Balaban J connectivity index is 1.43. The zero-order valence-electron chi connectivity index (χ0n) is 18.9. The van der Waals surface area contributed by atoms with Gasteiger partial charge >= 0.3 is 6.09 Å². The number of aromatic amines is 1. The van der Waals surface area contributed by atoms with Crippen molar-refractivity contribution < 1.29 is 14.3 Å². The maximum absolute atomic E-state index is 12.3. The molecule has 0 atom stereocenters. The van der Waals surface area contributed by atoms with Crippen LogP contribution in [0.2, 0.25) is 0 Å². The van der Waals surface area contributed by atoms with Crippen LogP contribution in [0.1, 0.15) is 26.3 Å². The Labute approximate surface area is 202 Å². The molecule has 0 unspecified atom stereocenters. The first kappa shape index (κ1) is 22.8. The van der Waals surface area contributed by atoms with Crippen LogP contribution in [0.5, 0.6) is 5.75 Å². The smallest absolute Gasteiger partial charge is 0.410 e. The molecule has 32 heavy (non-hydrogen) atoms. The summed E-state index contributed by atoms with van der Waals surface area (Å²) in [4.78, 5) is 16.4. The first-order chi connectivity index (χ1) is 15.2. The zero-order chi connectivity index (χ0) is 22.9. The molecule has 0 saturated carbocycles. The van der Waals surface area contributed by atoms with Crippen LogP contribution in [0.15, 0.2) is 36.4 Å². The number of fused-ring (bicyclic) bond motifs is 1. The number of hydrogen-bond donors (Lipinski definition) is 1. The van der Waals surface area contributed by atoms with Crippen LogP contribution >= 0.6 is 22.6 Å². The summed E-state index contributed by atoms with van der Waals surface area (Å²) in [5.74, 6) is 0.874. The van der Waals surface area contributed by atoms with Gasteiger partial charge in [0.05, 0.1) is 12.6 Å². The minimum atomic E-state index is -0.469. The number of nitrogens with one attached hydrogen (secondary N) is 1. The summed E-state index contributed by atoms with van der Waals surface area (Å²) >= 11 is 2.27. The minimum absolute atomic E-state index is 0.233. The molecule has 0 spiro atoms. The van der Waals surface area contributed by atoms with Crippen molar-refractivity contribution in [1.29, 1.82) is 0 Å². The van der Waals surface area contributed by atoms with Crippen LogP contribution in [-0.4, -0.2) is 65.0 Å². The monoisotopic (exact) mass is 548 g/mol. The Hall–Kier alpha value is -2.33. The minimum Gasteiger partial charge on any atom is -0.496 e. The number of carbonyl (C=O) groups is 1. The van der Waals surface area contributed by atoms with Gasteiger partial charge in [-0.2, -0.15) is 5.10 Å². The average molecular weight is 548 g/mol. The summed E-state index contributed by atoms with van der Waals surface area (Å²) in [6.45, 7) is 9.41. The van der Waals surface area contributed by atoms with Gasteiger partial charge in [-0.25, -0.2) is 4.79 Å². The number of halogens is 1. The molecule has 1 aromatic heterocycles. The second-order valence-electron chi connectivity index (χ2n) is 9.04. The van der Waals surface area contributed by atoms with Crippen molar-refractivity contribution >= 4 is 39.6 Å². The number of methoxy groups -OCH3 is 1. The highest BCUT2D eigenvalue weighted by molar-refractivity contribution is 14.1. The van der Waals surface area contributed by atoms with Gasteiger partial charge < -0.3 is 14.4 Å². The Bertz CT molecular complexity index is 1110. The van der Waals surface area contributed by atoms with Gasteiger partial charge in [-0.05, 0) is 72.7 Å². The molecule has 2 aromatic carbocycles. The second-order valence-corrected chi connectivity index (χ2v) is 10.1. The van der Waals surface area contributed by atoms with Crippen LogP contribution in [0.3, 0.4) is 0 Å². The molecule has 170 valence electrons. The van der Waals surface area contributed by atoms with Crippen molar-refractivity contribution in [2.24, 2.45) is 0 Å². The number of nitrogens with zero attached hydrogens (tertiary/aromatic N) is 3. The van der Waals surface area contributed by atoms with Crippen molar-refractivity contribution in [3.63, 3.8) is 0 Å². The number of carbonyl (C=O) groups excluding carboxylic acids is 1. The lowest BCUT2D eigenvalue weighted by molar-refractivity contribution is 0.0138. The van der Waals surface area contributed by atoms with Crippen LogP contribution in [0, 0.1) is 3.70 Å². The van der Waals surface area contributed by atoms with E-state index in [1.807, 2.05) is 26.8 Å². The molecule has 0 aliphatic carbocycles. The molecule has 1 fully saturated rings. The number of ether oxygens (including phenoxy) is 2. The summed E-state index contributed by atoms with van der Waals surface area (Å²) in [5.41, 5.74) is 3.88. The summed E-state index contributed by atoms with van der Waals surface area (Å²) in [6.07, 6.45) is -0.233. The van der Waals surface area contributed by atoms with Crippen LogP contribution < -0.4 is 4.74 Å². The van der Waals surface area contributed by atoms with Gasteiger partial charge in [0.1, 0.15) is 15.1 Å². The molecular formula is C24H29IN4O3. The molecule has 2 heterocycles. The quantitative estimate of drug-likeness (QED) is 0.470. The SMILES string of the molecule is COc1cc(-c2ccc3n[nH]c(I)c3c2)ccc1CN1CCN(C(=O)OC(C)(C)C)CC1. The van der Waals surface area contributed by atoms with Crippen molar-refractivity contribution in [2.75, 3.05) is 33.3 Å². The van der Waals surface area contributed by atoms with Gasteiger partial charge in [-0.3, -0.25) is 10.00 Å². The highest BCUT2D eigenvalue weighted by Gasteiger charge is 2.26. The van der Waals surface area contributed by atoms with Gasteiger partial charge in [0.25, 0.3) is 0 Å². The van der Waals surface area contributed by atoms with Gasteiger partial charge in [0.15, 0.2) is 0 Å². The predicted octanol–water partition coefficient (Wildman–Crippen LogP) is 4.90. The molecule has 4 rings (SSSR count). The van der Waals surface area contributed by atoms with E-state index in [0.29, 0.717) is 13.1 Å². The molecule has 3 aromatic rings. The third-order valence-electron chi connectivity index (χ3n) is 5.55. The molecule has 0 bridgehead atoms. The number of rotatable bonds is 4. The lowest BCUT2D eigenvalue weighted by Gasteiger charge is -2.35. The fourth-order valence-electron chi connectivity index (χ4n) is 3.87. The van der Waals surface area contributed by atoms with E-state index in [0.717, 1.165) is 56.7 Å². The van der Waals surface area contributed by atoms with E-state index in [-0.39, 0.29) is 6.09 Å².